The number of carboxylic acid groups (broad SMARTS) is 1. The Morgan fingerprint density at radius 1 is 0.722 bits per heavy atom. The minimum atomic E-state index is -1.23. The number of phenolic OH excluding ortho intramolecular Hbond substituents is 1. The van der Waals surface area contributed by atoms with Gasteiger partial charge >= 0.3 is 5.97 Å². The SMILES string of the molecule is NC(CS)C(=O)NC(Cc1ccc(O)cc1)C(=O)NC(CS)C(=O)NC(Cc1ccccc1)C(=O)O. The third kappa shape index (κ3) is 9.10. The Balaban J connectivity index is 2.13. The molecule has 7 N–H and O–H groups in total. The van der Waals surface area contributed by atoms with Gasteiger partial charge in [-0.25, -0.2) is 4.79 Å². The number of hydrogen-bond acceptors (Lipinski definition) is 8. The number of aromatic hydroxyl groups is 1. The lowest BCUT2D eigenvalue weighted by Gasteiger charge is -2.24. The number of amides is 3. The first-order chi connectivity index (χ1) is 17.1. The molecule has 4 atom stereocenters. The van der Waals surface area contributed by atoms with Crippen LogP contribution in [0.25, 0.3) is 0 Å². The predicted molar refractivity (Wildman–Crippen MR) is 141 cm³/mol. The van der Waals surface area contributed by atoms with Crippen LogP contribution in [0.2, 0.25) is 0 Å². The first kappa shape index (κ1) is 29.0. The lowest BCUT2D eigenvalue weighted by molar-refractivity contribution is -0.142. The quantitative estimate of drug-likeness (QED) is 0.166. The third-order valence-corrected chi connectivity index (χ3v) is 6.01. The number of phenols is 1. The molecule has 0 spiro atoms. The molecule has 2 aromatic rings. The van der Waals surface area contributed by atoms with E-state index in [2.05, 4.69) is 41.2 Å². The number of rotatable bonds is 13. The lowest BCUT2D eigenvalue weighted by Crippen LogP contribution is -2.58. The number of nitrogens with one attached hydrogen (secondary N) is 3. The standard InChI is InChI=1S/C24H30N4O6S2/c25-17(12-35)21(30)26-18(10-15-6-8-16(29)9-7-15)22(31)28-20(13-36)23(32)27-19(24(33)34)11-14-4-2-1-3-5-14/h1-9,17-20,29,35-36H,10-13,25H2,(H,26,30)(H,27,32)(H,28,31)(H,33,34). The first-order valence-corrected chi connectivity index (χ1v) is 12.3. The summed E-state index contributed by atoms with van der Waals surface area (Å²) < 4.78 is 0. The van der Waals surface area contributed by atoms with Crippen molar-refractivity contribution in [1.29, 1.82) is 0 Å². The van der Waals surface area contributed by atoms with Gasteiger partial charge in [0.15, 0.2) is 0 Å². The minimum Gasteiger partial charge on any atom is -0.508 e. The number of aliphatic carboxylic acids is 1. The normalized spacial score (nSPS) is 14.1. The molecule has 0 saturated carbocycles. The molecule has 2 aromatic carbocycles. The zero-order valence-corrected chi connectivity index (χ0v) is 21.1. The Morgan fingerprint density at radius 3 is 1.78 bits per heavy atom. The predicted octanol–water partition coefficient (Wildman–Crippen LogP) is -0.0967. The van der Waals surface area contributed by atoms with Gasteiger partial charge in [0.2, 0.25) is 17.7 Å². The molecule has 4 unspecified atom stereocenters. The summed E-state index contributed by atoms with van der Waals surface area (Å²) >= 11 is 8.13. The first-order valence-electron chi connectivity index (χ1n) is 11.1. The van der Waals surface area contributed by atoms with Gasteiger partial charge in [0.25, 0.3) is 0 Å². The molecule has 10 nitrogen and oxygen atoms in total. The molecule has 0 aliphatic rings. The number of carbonyl (C=O) groups is 4. The summed E-state index contributed by atoms with van der Waals surface area (Å²) in [5.74, 6) is -3.28. The van der Waals surface area contributed by atoms with Crippen molar-refractivity contribution in [3.05, 3.63) is 65.7 Å². The lowest BCUT2D eigenvalue weighted by atomic mass is 10.0. The number of carboxylic acids is 1. The fourth-order valence-electron chi connectivity index (χ4n) is 3.23. The molecule has 0 saturated heterocycles. The van der Waals surface area contributed by atoms with E-state index in [0.717, 1.165) is 0 Å². The maximum Gasteiger partial charge on any atom is 0.326 e. The van der Waals surface area contributed by atoms with Crippen LogP contribution in [0.3, 0.4) is 0 Å². The molecule has 0 bridgehead atoms. The van der Waals surface area contributed by atoms with Gasteiger partial charge < -0.3 is 31.9 Å². The molecular formula is C24H30N4O6S2. The monoisotopic (exact) mass is 534 g/mol. The van der Waals surface area contributed by atoms with Gasteiger partial charge in [-0.15, -0.1) is 0 Å². The fraction of sp³-hybridized carbons (Fsp3) is 0.333. The summed E-state index contributed by atoms with van der Waals surface area (Å²) in [5.41, 5.74) is 7.06. The van der Waals surface area contributed by atoms with Crippen LogP contribution in [-0.4, -0.2) is 69.6 Å². The molecule has 0 fully saturated rings. The van der Waals surface area contributed by atoms with Gasteiger partial charge in [0, 0.05) is 24.3 Å². The third-order valence-electron chi connectivity index (χ3n) is 5.26. The minimum absolute atomic E-state index is 0.0381. The largest absolute Gasteiger partial charge is 0.508 e. The van der Waals surface area contributed by atoms with E-state index in [-0.39, 0.29) is 30.1 Å². The van der Waals surface area contributed by atoms with Crippen molar-refractivity contribution in [2.75, 3.05) is 11.5 Å². The van der Waals surface area contributed by atoms with Crippen LogP contribution in [0.1, 0.15) is 11.1 Å². The van der Waals surface area contributed by atoms with Crippen molar-refractivity contribution < 1.29 is 29.4 Å². The average Bonchev–Trinajstić information content (AvgIpc) is 2.87. The molecule has 36 heavy (non-hydrogen) atoms. The van der Waals surface area contributed by atoms with Gasteiger partial charge in [-0.05, 0) is 23.3 Å². The Hall–Kier alpha value is -3.22. The van der Waals surface area contributed by atoms with Crippen molar-refractivity contribution in [3.63, 3.8) is 0 Å². The molecule has 12 heteroatoms. The molecular weight excluding hydrogens is 504 g/mol. The maximum atomic E-state index is 13.1. The molecule has 0 radical (unpaired) electrons. The van der Waals surface area contributed by atoms with Crippen LogP contribution >= 0.6 is 25.3 Å². The van der Waals surface area contributed by atoms with E-state index in [1.165, 1.54) is 12.1 Å². The number of carbonyl (C=O) groups excluding carboxylic acids is 3. The smallest absolute Gasteiger partial charge is 0.326 e. The summed E-state index contributed by atoms with van der Waals surface area (Å²) in [7, 11) is 0. The van der Waals surface area contributed by atoms with Crippen molar-refractivity contribution in [3.8, 4) is 5.75 Å². The topological polar surface area (TPSA) is 171 Å². The number of thiol groups is 2. The highest BCUT2D eigenvalue weighted by atomic mass is 32.1. The van der Waals surface area contributed by atoms with Gasteiger partial charge in [-0.3, -0.25) is 14.4 Å². The van der Waals surface area contributed by atoms with Gasteiger partial charge in [0.05, 0.1) is 6.04 Å². The molecule has 0 heterocycles. The van der Waals surface area contributed by atoms with E-state index in [9.17, 15) is 29.4 Å². The summed E-state index contributed by atoms with van der Waals surface area (Å²) in [6.45, 7) is 0. The second-order valence-electron chi connectivity index (χ2n) is 8.05. The van der Waals surface area contributed by atoms with E-state index in [4.69, 9.17) is 5.73 Å². The zero-order chi connectivity index (χ0) is 26.7. The summed E-state index contributed by atoms with van der Waals surface area (Å²) in [5, 5.41) is 26.6. The van der Waals surface area contributed by atoms with E-state index < -0.39 is 47.9 Å². The van der Waals surface area contributed by atoms with Crippen LogP contribution in [-0.2, 0) is 32.0 Å². The van der Waals surface area contributed by atoms with Gasteiger partial charge in [0.1, 0.15) is 23.9 Å². The van der Waals surface area contributed by atoms with Crippen LogP contribution in [0, 0.1) is 0 Å². The Bertz CT molecular complexity index is 1040. The van der Waals surface area contributed by atoms with E-state index in [1.807, 2.05) is 0 Å². The van der Waals surface area contributed by atoms with E-state index >= 15 is 0 Å². The maximum absolute atomic E-state index is 13.1. The summed E-state index contributed by atoms with van der Waals surface area (Å²) in [6.07, 6.45) is 0.0973. The average molecular weight is 535 g/mol. The highest BCUT2D eigenvalue weighted by Gasteiger charge is 2.30. The highest BCUT2D eigenvalue weighted by Crippen LogP contribution is 2.12. The second-order valence-corrected chi connectivity index (χ2v) is 8.78. The van der Waals surface area contributed by atoms with Crippen LogP contribution < -0.4 is 21.7 Å². The van der Waals surface area contributed by atoms with Crippen LogP contribution in [0.15, 0.2) is 54.6 Å². The number of benzene rings is 2. The van der Waals surface area contributed by atoms with Crippen molar-refractivity contribution in [2.24, 2.45) is 5.73 Å². The fourth-order valence-corrected chi connectivity index (χ4v) is 3.65. The Kier molecular flexibility index (Phi) is 11.6. The van der Waals surface area contributed by atoms with Crippen molar-refractivity contribution in [2.45, 2.75) is 37.0 Å². The van der Waals surface area contributed by atoms with Gasteiger partial charge in [-0.1, -0.05) is 42.5 Å². The highest BCUT2D eigenvalue weighted by molar-refractivity contribution is 7.80. The number of hydrogen-bond donors (Lipinski definition) is 8. The number of nitrogens with two attached hydrogens (primary N) is 1. The summed E-state index contributed by atoms with van der Waals surface area (Å²) in [6, 6.07) is 10.4. The molecule has 194 valence electrons. The molecule has 0 aliphatic heterocycles. The summed E-state index contributed by atoms with van der Waals surface area (Å²) in [4.78, 5) is 50.0. The molecule has 0 aliphatic carbocycles. The zero-order valence-electron chi connectivity index (χ0n) is 19.3. The van der Waals surface area contributed by atoms with Crippen molar-refractivity contribution >= 4 is 48.9 Å². The van der Waals surface area contributed by atoms with Gasteiger partial charge in [-0.2, -0.15) is 25.3 Å². The molecule has 3 amide bonds. The van der Waals surface area contributed by atoms with Crippen LogP contribution in [0.5, 0.6) is 5.75 Å². The Labute approximate surface area is 219 Å². The van der Waals surface area contributed by atoms with E-state index in [1.54, 1.807) is 42.5 Å². The van der Waals surface area contributed by atoms with E-state index in [0.29, 0.717) is 11.1 Å². The molecule has 2 rings (SSSR count). The second kappa shape index (κ2) is 14.4. The van der Waals surface area contributed by atoms with Crippen molar-refractivity contribution in [1.82, 2.24) is 16.0 Å². The Morgan fingerprint density at radius 2 is 1.22 bits per heavy atom. The molecule has 0 aromatic heterocycles. The van der Waals surface area contributed by atoms with Crippen LogP contribution in [0.4, 0.5) is 0 Å².